The zero-order valence-corrected chi connectivity index (χ0v) is 11.9. The molecule has 2 rings (SSSR count). The van der Waals surface area contributed by atoms with E-state index in [4.69, 9.17) is 27.6 Å². The van der Waals surface area contributed by atoms with Crippen molar-refractivity contribution in [2.24, 2.45) is 0 Å². The van der Waals surface area contributed by atoms with E-state index in [1.165, 1.54) is 0 Å². The van der Waals surface area contributed by atoms with Crippen LogP contribution in [0.1, 0.15) is 25.4 Å². The van der Waals surface area contributed by atoms with Gasteiger partial charge in [0.15, 0.2) is 0 Å². The molecule has 0 spiro atoms. The van der Waals surface area contributed by atoms with Crippen LogP contribution in [0.4, 0.5) is 5.95 Å². The van der Waals surface area contributed by atoms with Gasteiger partial charge in [-0.3, -0.25) is 0 Å². The molecule has 0 atom stereocenters. The molecule has 2 aromatic rings. The first-order chi connectivity index (χ1) is 8.63. The minimum atomic E-state index is 0.0538. The van der Waals surface area contributed by atoms with Crippen molar-refractivity contribution in [3.63, 3.8) is 0 Å². The lowest BCUT2D eigenvalue weighted by Crippen LogP contribution is -2.04. The monoisotopic (exact) mass is 288 g/mol. The summed E-state index contributed by atoms with van der Waals surface area (Å²) in [7, 11) is 0. The van der Waals surface area contributed by atoms with Crippen LogP contribution in [0.3, 0.4) is 0 Å². The van der Waals surface area contributed by atoms with Gasteiger partial charge in [0.25, 0.3) is 0 Å². The van der Waals surface area contributed by atoms with Gasteiger partial charge in [0.2, 0.25) is 16.5 Å². The number of halogens is 2. The van der Waals surface area contributed by atoms with Crippen molar-refractivity contribution in [2.45, 2.75) is 27.3 Å². The van der Waals surface area contributed by atoms with E-state index in [1.54, 1.807) is 0 Å². The predicted molar refractivity (Wildman–Crippen MR) is 72.0 cm³/mol. The van der Waals surface area contributed by atoms with Gasteiger partial charge in [-0.2, -0.15) is 15.0 Å². The number of nitrogens with zero attached hydrogens (tertiary/aromatic N) is 3. The number of anilines is 1. The maximum Gasteiger partial charge on any atom is 0.228 e. The Morgan fingerprint density at radius 2 is 1.72 bits per heavy atom. The first kappa shape index (κ1) is 14.7. The summed E-state index contributed by atoms with van der Waals surface area (Å²) in [5, 5.41) is 3.04. The average molecular weight is 289 g/mol. The Kier molecular flexibility index (Phi) is 5.88. The molecule has 0 unspecified atom stereocenters. The van der Waals surface area contributed by atoms with E-state index in [0.29, 0.717) is 12.5 Å². The molecule has 0 bridgehead atoms. The lowest BCUT2D eigenvalue weighted by Gasteiger charge is -2.02. The molecule has 18 heavy (non-hydrogen) atoms. The second-order valence-corrected chi connectivity index (χ2v) is 3.74. The van der Waals surface area contributed by atoms with Crippen LogP contribution in [0.2, 0.25) is 10.6 Å². The van der Waals surface area contributed by atoms with Crippen LogP contribution in [0, 0.1) is 6.92 Å². The van der Waals surface area contributed by atoms with Gasteiger partial charge in [-0.1, -0.05) is 13.8 Å². The van der Waals surface area contributed by atoms with Crippen molar-refractivity contribution in [3.05, 3.63) is 34.2 Å². The molecule has 0 aliphatic heterocycles. The first-order valence-electron chi connectivity index (χ1n) is 5.50. The number of aromatic nitrogens is 3. The highest BCUT2D eigenvalue weighted by atomic mass is 35.5. The van der Waals surface area contributed by atoms with E-state index >= 15 is 0 Å². The molecule has 0 aliphatic rings. The lowest BCUT2D eigenvalue weighted by atomic mass is 10.4. The number of aryl methyl sites for hydroxylation is 1. The van der Waals surface area contributed by atoms with Crippen LogP contribution in [0.5, 0.6) is 0 Å². The highest BCUT2D eigenvalue weighted by molar-refractivity contribution is 6.31. The molecule has 0 amide bonds. The number of furan rings is 1. The molecule has 0 saturated carbocycles. The molecule has 7 heteroatoms. The maximum absolute atomic E-state index is 5.63. The van der Waals surface area contributed by atoms with Gasteiger partial charge in [0.05, 0.1) is 6.54 Å². The zero-order valence-electron chi connectivity index (χ0n) is 10.4. The van der Waals surface area contributed by atoms with Crippen molar-refractivity contribution in [1.29, 1.82) is 0 Å². The molecule has 0 radical (unpaired) electrons. The number of rotatable bonds is 3. The van der Waals surface area contributed by atoms with Crippen LogP contribution in [-0.2, 0) is 6.54 Å². The molecular weight excluding hydrogens is 275 g/mol. The smallest absolute Gasteiger partial charge is 0.228 e. The Balaban J connectivity index is 0.000000771. The summed E-state index contributed by atoms with van der Waals surface area (Å²) in [4.78, 5) is 11.4. The van der Waals surface area contributed by atoms with Gasteiger partial charge in [-0.15, -0.1) is 0 Å². The topological polar surface area (TPSA) is 63.8 Å². The Hall–Kier alpha value is -1.33. The second-order valence-electron chi connectivity index (χ2n) is 3.06. The van der Waals surface area contributed by atoms with E-state index in [0.717, 1.165) is 11.5 Å². The summed E-state index contributed by atoms with van der Waals surface area (Å²) in [6.07, 6.45) is 0. The van der Waals surface area contributed by atoms with Crippen LogP contribution >= 0.6 is 23.2 Å². The van der Waals surface area contributed by atoms with Crippen molar-refractivity contribution >= 4 is 29.2 Å². The largest absolute Gasteiger partial charge is 0.465 e. The molecule has 98 valence electrons. The van der Waals surface area contributed by atoms with E-state index in [1.807, 2.05) is 32.9 Å². The highest BCUT2D eigenvalue weighted by Crippen LogP contribution is 2.12. The van der Waals surface area contributed by atoms with E-state index in [-0.39, 0.29) is 10.6 Å². The fourth-order valence-corrected chi connectivity index (χ4v) is 1.51. The summed E-state index contributed by atoms with van der Waals surface area (Å²) in [5.74, 6) is 1.95. The molecule has 0 fully saturated rings. The highest BCUT2D eigenvalue weighted by Gasteiger charge is 2.04. The third-order valence-electron chi connectivity index (χ3n) is 1.80. The summed E-state index contributed by atoms with van der Waals surface area (Å²) in [5.41, 5.74) is 0. The normalized spacial score (nSPS) is 9.61. The van der Waals surface area contributed by atoms with Crippen LogP contribution < -0.4 is 5.32 Å². The summed E-state index contributed by atoms with van der Waals surface area (Å²) < 4.78 is 5.37. The third kappa shape index (κ3) is 4.50. The van der Waals surface area contributed by atoms with E-state index in [9.17, 15) is 0 Å². The third-order valence-corrected chi connectivity index (χ3v) is 2.14. The van der Waals surface area contributed by atoms with Crippen molar-refractivity contribution in [3.8, 4) is 0 Å². The Morgan fingerprint density at radius 3 is 2.22 bits per heavy atom. The fourth-order valence-electron chi connectivity index (χ4n) is 1.15. The van der Waals surface area contributed by atoms with Crippen molar-refractivity contribution in [2.75, 3.05) is 5.32 Å². The molecule has 2 heterocycles. The summed E-state index contributed by atoms with van der Waals surface area (Å²) >= 11 is 11.3. The fraction of sp³-hybridized carbons (Fsp3) is 0.364. The van der Waals surface area contributed by atoms with Gasteiger partial charge >= 0.3 is 0 Å². The molecule has 5 nitrogen and oxygen atoms in total. The molecule has 0 aliphatic carbocycles. The Morgan fingerprint density at radius 1 is 1.11 bits per heavy atom. The lowest BCUT2D eigenvalue weighted by molar-refractivity contribution is 0.490. The van der Waals surface area contributed by atoms with E-state index in [2.05, 4.69) is 20.3 Å². The molecular formula is C11H14Cl2N4O. The molecule has 1 N–H and O–H groups in total. The summed E-state index contributed by atoms with van der Waals surface area (Å²) in [6.45, 7) is 6.34. The average Bonchev–Trinajstić information content (AvgIpc) is 2.74. The number of hydrogen-bond acceptors (Lipinski definition) is 5. The number of hydrogen-bond donors (Lipinski definition) is 1. The Labute approximate surface area is 116 Å². The Bertz CT molecular complexity index is 481. The molecule has 0 saturated heterocycles. The van der Waals surface area contributed by atoms with Gasteiger partial charge in [-0.25, -0.2) is 0 Å². The first-order valence-corrected chi connectivity index (χ1v) is 6.25. The minimum Gasteiger partial charge on any atom is -0.465 e. The quantitative estimate of drug-likeness (QED) is 0.933. The van der Waals surface area contributed by atoms with E-state index < -0.39 is 0 Å². The van der Waals surface area contributed by atoms with Gasteiger partial charge in [0.1, 0.15) is 11.5 Å². The molecule has 0 aromatic carbocycles. The predicted octanol–water partition coefficient (Wildman–Crippen LogP) is 3.72. The van der Waals surface area contributed by atoms with Gasteiger partial charge < -0.3 is 9.73 Å². The standard InChI is InChI=1S/C9H8Cl2N4O.C2H6/c1-5-2-3-6(16-5)4-12-9-14-7(10)13-8(11)15-9;1-2/h2-3H,4H2,1H3,(H,12,13,14,15);1-2H3. The van der Waals surface area contributed by atoms with Crippen molar-refractivity contribution in [1.82, 2.24) is 15.0 Å². The SMILES string of the molecule is CC.Cc1ccc(CNc2nc(Cl)nc(Cl)n2)o1. The zero-order chi connectivity index (χ0) is 13.5. The van der Waals surface area contributed by atoms with Crippen molar-refractivity contribution < 1.29 is 4.42 Å². The maximum atomic E-state index is 5.63. The minimum absolute atomic E-state index is 0.0538. The number of nitrogens with one attached hydrogen (secondary N) is 1. The summed E-state index contributed by atoms with van der Waals surface area (Å²) in [6, 6.07) is 3.75. The van der Waals surface area contributed by atoms with Gasteiger partial charge in [0, 0.05) is 0 Å². The van der Waals surface area contributed by atoms with Crippen LogP contribution in [0.15, 0.2) is 16.5 Å². The van der Waals surface area contributed by atoms with Gasteiger partial charge in [-0.05, 0) is 42.3 Å². The second kappa shape index (κ2) is 7.18. The van der Waals surface area contributed by atoms with Crippen LogP contribution in [-0.4, -0.2) is 15.0 Å². The molecule has 2 aromatic heterocycles. The van der Waals surface area contributed by atoms with Crippen LogP contribution in [0.25, 0.3) is 0 Å².